The highest BCUT2D eigenvalue weighted by atomic mass is 19.1. The topological polar surface area (TPSA) is 61.6 Å². The summed E-state index contributed by atoms with van der Waals surface area (Å²) in [6.07, 6.45) is 0. The van der Waals surface area contributed by atoms with E-state index in [0.29, 0.717) is 28.3 Å². The number of benzene rings is 2. The lowest BCUT2D eigenvalue weighted by atomic mass is 10.1. The van der Waals surface area contributed by atoms with Crippen molar-refractivity contribution in [2.24, 2.45) is 0 Å². The molecule has 122 valence electrons. The lowest BCUT2D eigenvalue weighted by Crippen LogP contribution is -2.07. The molecule has 0 N–H and O–H groups in total. The Labute approximate surface area is 137 Å². The Kier molecular flexibility index (Phi) is 4.56. The van der Waals surface area contributed by atoms with E-state index in [1.54, 1.807) is 42.5 Å². The van der Waals surface area contributed by atoms with Crippen molar-refractivity contribution in [3.8, 4) is 17.1 Å². The largest absolute Gasteiger partial charge is 0.496 e. The number of hydrogen-bond donors (Lipinski definition) is 0. The van der Waals surface area contributed by atoms with Gasteiger partial charge in [0.15, 0.2) is 5.76 Å². The molecule has 0 saturated heterocycles. The van der Waals surface area contributed by atoms with Gasteiger partial charge in [-0.2, -0.15) is 0 Å². The Hall–Kier alpha value is -3.15. The highest BCUT2D eigenvalue weighted by Gasteiger charge is 2.14. The molecule has 6 heteroatoms. The van der Waals surface area contributed by atoms with Gasteiger partial charge < -0.3 is 14.0 Å². The summed E-state index contributed by atoms with van der Waals surface area (Å²) in [5.74, 6) is 0.0657. The normalized spacial score (nSPS) is 10.4. The van der Waals surface area contributed by atoms with Crippen molar-refractivity contribution in [3.63, 3.8) is 0 Å². The number of ether oxygens (including phenoxy) is 2. The molecule has 0 spiro atoms. The minimum atomic E-state index is -0.515. The minimum Gasteiger partial charge on any atom is -0.496 e. The number of carbonyl (C=O) groups excluding carboxylic acids is 1. The fourth-order valence-electron chi connectivity index (χ4n) is 2.16. The van der Waals surface area contributed by atoms with Crippen molar-refractivity contribution in [1.82, 2.24) is 5.16 Å². The number of halogens is 1. The van der Waals surface area contributed by atoms with Crippen LogP contribution in [0, 0.1) is 5.82 Å². The zero-order valence-electron chi connectivity index (χ0n) is 12.9. The van der Waals surface area contributed by atoms with Crippen LogP contribution in [0.5, 0.6) is 5.75 Å². The molecule has 0 radical (unpaired) electrons. The van der Waals surface area contributed by atoms with Crippen molar-refractivity contribution in [2.75, 3.05) is 7.11 Å². The molecule has 0 aliphatic heterocycles. The van der Waals surface area contributed by atoms with Gasteiger partial charge in [0, 0.05) is 11.6 Å². The first-order valence-electron chi connectivity index (χ1n) is 7.19. The highest BCUT2D eigenvalue weighted by molar-refractivity contribution is 5.92. The van der Waals surface area contributed by atoms with E-state index in [2.05, 4.69) is 5.16 Å². The Morgan fingerprint density at radius 3 is 2.67 bits per heavy atom. The Bertz CT molecular complexity index is 842. The minimum absolute atomic E-state index is 0.0401. The maximum absolute atomic E-state index is 12.9. The fraction of sp³-hybridized carbons (Fsp3) is 0.111. The molecule has 1 heterocycles. The number of para-hydroxylation sites is 1. The SMILES string of the molecule is COc1ccccc1C(=O)OCc1cc(-c2ccc(F)cc2)on1. The molecule has 3 aromatic rings. The van der Waals surface area contributed by atoms with Gasteiger partial charge in [0.1, 0.15) is 29.4 Å². The molecule has 0 amide bonds. The molecule has 0 unspecified atom stereocenters. The second-order valence-electron chi connectivity index (χ2n) is 4.97. The van der Waals surface area contributed by atoms with Crippen molar-refractivity contribution in [1.29, 1.82) is 0 Å². The summed E-state index contributed by atoms with van der Waals surface area (Å²) in [4.78, 5) is 12.1. The first-order chi connectivity index (χ1) is 11.7. The van der Waals surface area contributed by atoms with E-state index >= 15 is 0 Å². The van der Waals surface area contributed by atoms with Gasteiger partial charge in [0.25, 0.3) is 0 Å². The van der Waals surface area contributed by atoms with Gasteiger partial charge in [-0.1, -0.05) is 17.3 Å². The number of rotatable bonds is 5. The Morgan fingerprint density at radius 1 is 1.17 bits per heavy atom. The smallest absolute Gasteiger partial charge is 0.342 e. The van der Waals surface area contributed by atoms with Gasteiger partial charge in [-0.3, -0.25) is 0 Å². The van der Waals surface area contributed by atoms with E-state index in [-0.39, 0.29) is 12.4 Å². The summed E-state index contributed by atoms with van der Waals surface area (Å²) in [6.45, 7) is -0.0401. The summed E-state index contributed by atoms with van der Waals surface area (Å²) < 4.78 is 28.5. The monoisotopic (exact) mass is 327 g/mol. The van der Waals surface area contributed by atoms with Crippen LogP contribution in [-0.2, 0) is 11.3 Å². The number of esters is 1. The average Bonchev–Trinajstić information content (AvgIpc) is 3.09. The maximum Gasteiger partial charge on any atom is 0.342 e. The molecule has 0 fully saturated rings. The van der Waals surface area contributed by atoms with Crippen LogP contribution in [0.1, 0.15) is 16.1 Å². The van der Waals surface area contributed by atoms with Gasteiger partial charge in [0.2, 0.25) is 0 Å². The quantitative estimate of drug-likeness (QED) is 0.666. The number of carbonyl (C=O) groups is 1. The van der Waals surface area contributed by atoms with E-state index in [1.807, 2.05) is 0 Å². The predicted molar refractivity (Wildman–Crippen MR) is 84.0 cm³/mol. The van der Waals surface area contributed by atoms with E-state index in [0.717, 1.165) is 0 Å². The lowest BCUT2D eigenvalue weighted by molar-refractivity contribution is 0.0460. The number of aromatic nitrogens is 1. The molecule has 0 atom stereocenters. The fourth-order valence-corrected chi connectivity index (χ4v) is 2.16. The first kappa shape index (κ1) is 15.7. The molecule has 0 bridgehead atoms. The van der Waals surface area contributed by atoms with E-state index in [4.69, 9.17) is 14.0 Å². The van der Waals surface area contributed by atoms with Crippen LogP contribution in [0.3, 0.4) is 0 Å². The highest BCUT2D eigenvalue weighted by Crippen LogP contribution is 2.22. The van der Waals surface area contributed by atoms with Gasteiger partial charge in [-0.05, 0) is 36.4 Å². The van der Waals surface area contributed by atoms with Crippen LogP contribution >= 0.6 is 0 Å². The van der Waals surface area contributed by atoms with E-state index in [1.165, 1.54) is 19.2 Å². The molecular formula is C18H14FNO4. The number of nitrogens with zero attached hydrogens (tertiary/aromatic N) is 1. The molecule has 2 aromatic carbocycles. The van der Waals surface area contributed by atoms with Crippen LogP contribution in [0.15, 0.2) is 59.1 Å². The molecule has 5 nitrogen and oxygen atoms in total. The van der Waals surface area contributed by atoms with Crippen LogP contribution in [0.25, 0.3) is 11.3 Å². The van der Waals surface area contributed by atoms with E-state index in [9.17, 15) is 9.18 Å². The zero-order chi connectivity index (χ0) is 16.9. The van der Waals surface area contributed by atoms with Gasteiger partial charge in [0.05, 0.1) is 7.11 Å². The molecule has 24 heavy (non-hydrogen) atoms. The van der Waals surface area contributed by atoms with Gasteiger partial charge in [-0.15, -0.1) is 0 Å². The Morgan fingerprint density at radius 2 is 1.92 bits per heavy atom. The first-order valence-corrected chi connectivity index (χ1v) is 7.19. The average molecular weight is 327 g/mol. The van der Waals surface area contributed by atoms with Crippen molar-refractivity contribution in [2.45, 2.75) is 6.61 Å². The van der Waals surface area contributed by atoms with Gasteiger partial charge in [-0.25, -0.2) is 9.18 Å². The third-order valence-electron chi connectivity index (χ3n) is 3.37. The summed E-state index contributed by atoms with van der Waals surface area (Å²) >= 11 is 0. The molecule has 3 rings (SSSR count). The van der Waals surface area contributed by atoms with Crippen molar-refractivity contribution >= 4 is 5.97 Å². The van der Waals surface area contributed by atoms with E-state index < -0.39 is 5.97 Å². The standard InChI is InChI=1S/C18H14FNO4/c1-22-16-5-3-2-4-15(16)18(21)23-11-14-10-17(24-20-14)12-6-8-13(19)9-7-12/h2-10H,11H2,1H3. The second-order valence-corrected chi connectivity index (χ2v) is 4.97. The van der Waals surface area contributed by atoms with Crippen molar-refractivity contribution < 1.29 is 23.2 Å². The number of hydrogen-bond acceptors (Lipinski definition) is 5. The van der Waals surface area contributed by atoms with Crippen LogP contribution in [-0.4, -0.2) is 18.2 Å². The third kappa shape index (κ3) is 3.43. The molecule has 0 aliphatic rings. The summed E-state index contributed by atoms with van der Waals surface area (Å²) in [5.41, 5.74) is 1.48. The van der Waals surface area contributed by atoms with Crippen LogP contribution in [0.4, 0.5) is 4.39 Å². The van der Waals surface area contributed by atoms with Crippen molar-refractivity contribution in [3.05, 3.63) is 71.7 Å². The predicted octanol–water partition coefficient (Wildman–Crippen LogP) is 3.85. The van der Waals surface area contributed by atoms with Crippen LogP contribution in [0.2, 0.25) is 0 Å². The Balaban J connectivity index is 1.67. The van der Waals surface area contributed by atoms with Gasteiger partial charge >= 0.3 is 5.97 Å². The third-order valence-corrected chi connectivity index (χ3v) is 3.37. The maximum atomic E-state index is 12.9. The summed E-state index contributed by atoms with van der Waals surface area (Å²) in [7, 11) is 1.48. The lowest BCUT2D eigenvalue weighted by Gasteiger charge is -2.07. The van der Waals surface area contributed by atoms with Crippen LogP contribution < -0.4 is 4.74 Å². The number of methoxy groups -OCH3 is 1. The summed E-state index contributed by atoms with van der Waals surface area (Å²) in [5, 5.41) is 3.85. The molecule has 0 saturated carbocycles. The molecule has 0 aliphatic carbocycles. The summed E-state index contributed by atoms with van der Waals surface area (Å²) in [6, 6.07) is 14.3. The molecule has 1 aromatic heterocycles. The zero-order valence-corrected chi connectivity index (χ0v) is 12.9. The molecular weight excluding hydrogens is 313 g/mol. The second kappa shape index (κ2) is 6.95.